The number of rotatable bonds is 1. The standard InChI is InChI=1S/C19H20N2O/c20-13-16-17(22)12-14-4-1-2-5-15(14)18(16)21-10-8-19(9-11-21)6-3-7-19/h1-2,4-5H,3,6-12H2. The number of likely N-dealkylation sites (tertiary alicyclic amines) is 1. The lowest BCUT2D eigenvalue weighted by Crippen LogP contribution is -2.43. The van der Waals surface area contributed by atoms with E-state index in [9.17, 15) is 10.1 Å². The third-order valence-corrected chi connectivity index (χ3v) is 5.81. The zero-order chi connectivity index (χ0) is 15.2. The first-order valence-electron chi connectivity index (χ1n) is 8.23. The van der Waals surface area contributed by atoms with Crippen molar-refractivity contribution in [3.63, 3.8) is 0 Å². The van der Waals surface area contributed by atoms with Crippen LogP contribution in [0.15, 0.2) is 29.8 Å². The Hall–Kier alpha value is -2.08. The summed E-state index contributed by atoms with van der Waals surface area (Å²) in [6.45, 7) is 1.95. The quantitative estimate of drug-likeness (QED) is 0.797. The molecule has 1 heterocycles. The molecule has 1 aromatic rings. The zero-order valence-corrected chi connectivity index (χ0v) is 12.8. The summed E-state index contributed by atoms with van der Waals surface area (Å²) in [4.78, 5) is 14.6. The van der Waals surface area contributed by atoms with Crippen molar-refractivity contribution in [2.75, 3.05) is 13.1 Å². The van der Waals surface area contributed by atoms with Crippen LogP contribution in [0.25, 0.3) is 5.70 Å². The Kier molecular flexibility index (Phi) is 3.07. The molecule has 1 spiro atoms. The fraction of sp³-hybridized carbons (Fsp3) is 0.474. The summed E-state index contributed by atoms with van der Waals surface area (Å²) < 4.78 is 0. The number of ketones is 1. The van der Waals surface area contributed by atoms with Gasteiger partial charge in [0.2, 0.25) is 0 Å². The Labute approximate surface area is 131 Å². The number of carbonyl (C=O) groups is 1. The molecule has 22 heavy (non-hydrogen) atoms. The van der Waals surface area contributed by atoms with E-state index in [-0.39, 0.29) is 5.78 Å². The maximum Gasteiger partial charge on any atom is 0.179 e. The molecule has 0 amide bonds. The average Bonchev–Trinajstić information content (AvgIpc) is 2.52. The van der Waals surface area contributed by atoms with Crippen LogP contribution in [0, 0.1) is 16.7 Å². The molecule has 1 saturated carbocycles. The highest BCUT2D eigenvalue weighted by molar-refractivity contribution is 6.09. The van der Waals surface area contributed by atoms with Crippen LogP contribution in [0.5, 0.6) is 0 Å². The number of benzene rings is 1. The van der Waals surface area contributed by atoms with Gasteiger partial charge in [-0.15, -0.1) is 0 Å². The Bertz CT molecular complexity index is 696. The molecule has 0 radical (unpaired) electrons. The summed E-state index contributed by atoms with van der Waals surface area (Å²) >= 11 is 0. The molecule has 112 valence electrons. The number of nitriles is 1. The third-order valence-electron chi connectivity index (χ3n) is 5.81. The van der Waals surface area contributed by atoms with Crippen molar-refractivity contribution in [2.45, 2.75) is 38.5 Å². The average molecular weight is 292 g/mol. The van der Waals surface area contributed by atoms with Crippen LogP contribution in [-0.2, 0) is 11.2 Å². The summed E-state index contributed by atoms with van der Waals surface area (Å²) in [6.07, 6.45) is 6.85. The Morgan fingerprint density at radius 3 is 2.45 bits per heavy atom. The van der Waals surface area contributed by atoms with Gasteiger partial charge >= 0.3 is 0 Å². The molecule has 3 nitrogen and oxygen atoms in total. The van der Waals surface area contributed by atoms with E-state index in [2.05, 4.69) is 17.0 Å². The molecule has 0 bridgehead atoms. The smallest absolute Gasteiger partial charge is 0.179 e. The molecule has 1 saturated heterocycles. The zero-order valence-electron chi connectivity index (χ0n) is 12.8. The number of carbonyl (C=O) groups excluding carboxylic acids is 1. The highest BCUT2D eigenvalue weighted by atomic mass is 16.1. The Morgan fingerprint density at radius 2 is 1.82 bits per heavy atom. The number of allylic oxidation sites excluding steroid dienone is 1. The van der Waals surface area contributed by atoms with Gasteiger partial charge in [0.1, 0.15) is 11.6 Å². The molecule has 3 heteroatoms. The normalized spacial score (nSPS) is 23.0. The summed E-state index contributed by atoms with van der Waals surface area (Å²) in [5.41, 5.74) is 3.97. The summed E-state index contributed by atoms with van der Waals surface area (Å²) in [5.74, 6) is -0.0277. The maximum atomic E-state index is 12.3. The minimum absolute atomic E-state index is 0.0277. The fourth-order valence-corrected chi connectivity index (χ4v) is 4.26. The van der Waals surface area contributed by atoms with Crippen molar-refractivity contribution in [3.05, 3.63) is 41.0 Å². The minimum atomic E-state index is -0.0277. The van der Waals surface area contributed by atoms with Crippen LogP contribution >= 0.6 is 0 Å². The van der Waals surface area contributed by atoms with Gasteiger partial charge in [-0.25, -0.2) is 0 Å². The SMILES string of the molecule is N#CC1=C(N2CCC3(CCC3)CC2)c2ccccc2CC1=O. The Balaban J connectivity index is 1.71. The second-order valence-electron chi connectivity index (χ2n) is 6.93. The van der Waals surface area contributed by atoms with E-state index >= 15 is 0 Å². The van der Waals surface area contributed by atoms with Gasteiger partial charge in [-0.3, -0.25) is 4.79 Å². The highest BCUT2D eigenvalue weighted by Crippen LogP contribution is 2.50. The molecule has 0 unspecified atom stereocenters. The molecule has 1 aromatic carbocycles. The van der Waals surface area contributed by atoms with Gasteiger partial charge < -0.3 is 4.90 Å². The lowest BCUT2D eigenvalue weighted by atomic mass is 9.63. The van der Waals surface area contributed by atoms with Crippen molar-refractivity contribution in [3.8, 4) is 6.07 Å². The number of Topliss-reactive ketones (excluding diaryl/α,β-unsaturated/α-hetero) is 1. The summed E-state index contributed by atoms with van der Waals surface area (Å²) in [6, 6.07) is 10.2. The molecular weight excluding hydrogens is 272 g/mol. The molecular formula is C19H20N2O. The van der Waals surface area contributed by atoms with E-state index in [1.165, 1.54) is 32.1 Å². The third kappa shape index (κ3) is 1.98. The van der Waals surface area contributed by atoms with Crippen LogP contribution in [0.4, 0.5) is 0 Å². The largest absolute Gasteiger partial charge is 0.370 e. The van der Waals surface area contributed by atoms with E-state index in [1.54, 1.807) is 0 Å². The molecule has 2 aliphatic carbocycles. The van der Waals surface area contributed by atoms with Gasteiger partial charge in [-0.05, 0) is 36.7 Å². The molecule has 1 aliphatic heterocycles. The van der Waals surface area contributed by atoms with Gasteiger partial charge in [-0.2, -0.15) is 5.26 Å². The van der Waals surface area contributed by atoms with Crippen LogP contribution in [-0.4, -0.2) is 23.8 Å². The number of hydrogen-bond donors (Lipinski definition) is 0. The van der Waals surface area contributed by atoms with E-state index < -0.39 is 0 Å². The van der Waals surface area contributed by atoms with E-state index in [1.807, 2.05) is 18.2 Å². The maximum absolute atomic E-state index is 12.3. The lowest BCUT2D eigenvalue weighted by Gasteiger charge is -2.49. The first-order valence-corrected chi connectivity index (χ1v) is 8.23. The van der Waals surface area contributed by atoms with Crippen LogP contribution in [0.3, 0.4) is 0 Å². The van der Waals surface area contributed by atoms with E-state index in [0.29, 0.717) is 17.4 Å². The number of hydrogen-bond acceptors (Lipinski definition) is 3. The van der Waals surface area contributed by atoms with Gasteiger partial charge in [-0.1, -0.05) is 30.7 Å². The molecule has 4 rings (SSSR count). The molecule has 3 aliphatic rings. The summed E-state index contributed by atoms with van der Waals surface area (Å²) in [7, 11) is 0. The van der Waals surface area contributed by atoms with Gasteiger partial charge in [0, 0.05) is 25.1 Å². The van der Waals surface area contributed by atoms with Gasteiger partial charge in [0.15, 0.2) is 5.78 Å². The topological polar surface area (TPSA) is 44.1 Å². The monoisotopic (exact) mass is 292 g/mol. The fourth-order valence-electron chi connectivity index (χ4n) is 4.26. The second kappa shape index (κ2) is 4.98. The molecule has 0 atom stereocenters. The Morgan fingerprint density at radius 1 is 1.09 bits per heavy atom. The van der Waals surface area contributed by atoms with Crippen molar-refractivity contribution >= 4 is 11.5 Å². The van der Waals surface area contributed by atoms with Crippen LogP contribution < -0.4 is 0 Å². The van der Waals surface area contributed by atoms with Crippen LogP contribution in [0.2, 0.25) is 0 Å². The molecule has 2 fully saturated rings. The first kappa shape index (κ1) is 13.6. The van der Waals surface area contributed by atoms with Crippen molar-refractivity contribution in [1.82, 2.24) is 4.90 Å². The molecule has 0 aromatic heterocycles. The lowest BCUT2D eigenvalue weighted by molar-refractivity contribution is -0.114. The van der Waals surface area contributed by atoms with Gasteiger partial charge in [0.25, 0.3) is 0 Å². The van der Waals surface area contributed by atoms with Gasteiger partial charge in [0.05, 0.1) is 5.70 Å². The predicted octanol–water partition coefficient (Wildman–Crippen LogP) is 3.31. The summed E-state index contributed by atoms with van der Waals surface area (Å²) in [5, 5.41) is 9.49. The first-order chi connectivity index (χ1) is 10.7. The number of nitrogens with zero attached hydrogens (tertiary/aromatic N) is 2. The molecule has 0 N–H and O–H groups in total. The minimum Gasteiger partial charge on any atom is -0.370 e. The second-order valence-corrected chi connectivity index (χ2v) is 6.93. The van der Waals surface area contributed by atoms with E-state index in [4.69, 9.17) is 0 Å². The highest BCUT2D eigenvalue weighted by Gasteiger charge is 2.41. The van der Waals surface area contributed by atoms with E-state index in [0.717, 1.165) is 29.9 Å². The van der Waals surface area contributed by atoms with Crippen LogP contribution in [0.1, 0.15) is 43.2 Å². The number of piperidine rings is 1. The van der Waals surface area contributed by atoms with Crippen molar-refractivity contribution < 1.29 is 4.79 Å². The van der Waals surface area contributed by atoms with Crippen molar-refractivity contribution in [2.24, 2.45) is 5.41 Å². The predicted molar refractivity (Wildman–Crippen MR) is 84.8 cm³/mol. The van der Waals surface area contributed by atoms with Crippen molar-refractivity contribution in [1.29, 1.82) is 5.26 Å². The number of fused-ring (bicyclic) bond motifs is 1.